The lowest BCUT2D eigenvalue weighted by Gasteiger charge is -2.16. The van der Waals surface area contributed by atoms with Gasteiger partial charge in [-0.15, -0.1) is 0 Å². The lowest BCUT2D eigenvalue weighted by atomic mass is 10.0. The Kier molecular flexibility index (Phi) is 4.44. The molecular weight excluding hydrogens is 252 g/mol. The van der Waals surface area contributed by atoms with Gasteiger partial charge in [-0.25, -0.2) is 4.99 Å². The Hall–Kier alpha value is -1.26. The summed E-state index contributed by atoms with van der Waals surface area (Å²) >= 11 is 5.87. The van der Waals surface area contributed by atoms with E-state index in [1.165, 1.54) is 0 Å². The monoisotopic (exact) mass is 268 g/mol. The van der Waals surface area contributed by atoms with Crippen molar-refractivity contribution in [1.82, 2.24) is 0 Å². The van der Waals surface area contributed by atoms with Crippen LogP contribution in [0, 0.1) is 0 Å². The summed E-state index contributed by atoms with van der Waals surface area (Å²) in [6, 6.07) is 8.16. The third kappa shape index (κ3) is 3.37. The summed E-state index contributed by atoms with van der Waals surface area (Å²) in [6.07, 6.45) is 1.82. The van der Waals surface area contributed by atoms with Crippen LogP contribution < -0.4 is 5.73 Å². The average molecular weight is 269 g/mol. The summed E-state index contributed by atoms with van der Waals surface area (Å²) in [5.41, 5.74) is 6.60. The molecule has 2 rings (SSSR count). The van der Waals surface area contributed by atoms with E-state index in [1.54, 1.807) is 7.11 Å². The molecule has 0 aliphatic carbocycles. The minimum Gasteiger partial charge on any atom is -0.463 e. The molecule has 98 valence electrons. The highest BCUT2D eigenvalue weighted by atomic mass is 35.5. The van der Waals surface area contributed by atoms with Crippen LogP contribution in [0.25, 0.3) is 0 Å². The first-order valence-corrected chi connectivity index (χ1v) is 6.31. The van der Waals surface area contributed by atoms with Crippen LogP contribution in [-0.2, 0) is 9.47 Å². The van der Waals surface area contributed by atoms with Gasteiger partial charge in [0.25, 0.3) is 6.02 Å². The molecule has 0 fully saturated rings. The molecule has 18 heavy (non-hydrogen) atoms. The molecule has 1 aromatic rings. The fourth-order valence-electron chi connectivity index (χ4n) is 2.03. The van der Waals surface area contributed by atoms with Crippen molar-refractivity contribution in [2.45, 2.75) is 25.0 Å². The standard InChI is InChI=1S/C13H17ClN2O2/c1-17-12(9-2-4-10(14)5-3-9)7-6-11-8-18-13(15)16-11/h2-5,11-12H,6-8H2,1H3,(H2,15,16)/t11?,12-/m0/s1. The highest BCUT2D eigenvalue weighted by molar-refractivity contribution is 6.30. The maximum atomic E-state index is 5.87. The van der Waals surface area contributed by atoms with Gasteiger partial charge in [-0.2, -0.15) is 0 Å². The van der Waals surface area contributed by atoms with E-state index < -0.39 is 0 Å². The lowest BCUT2D eigenvalue weighted by molar-refractivity contribution is 0.0911. The molecule has 0 radical (unpaired) electrons. The molecule has 1 unspecified atom stereocenters. The quantitative estimate of drug-likeness (QED) is 0.893. The third-order valence-electron chi connectivity index (χ3n) is 3.02. The van der Waals surface area contributed by atoms with Crippen molar-refractivity contribution >= 4 is 17.6 Å². The summed E-state index contributed by atoms with van der Waals surface area (Å²) in [6.45, 7) is 0.572. The summed E-state index contributed by atoms with van der Waals surface area (Å²) in [5.74, 6) is 0. The number of amidine groups is 1. The minimum atomic E-state index is 0.0549. The highest BCUT2D eigenvalue weighted by Crippen LogP contribution is 2.25. The predicted octanol–water partition coefficient (Wildman–Crippen LogP) is 2.52. The molecule has 5 heteroatoms. The Labute approximate surface area is 112 Å². The molecule has 2 N–H and O–H groups in total. The van der Waals surface area contributed by atoms with Crippen LogP contribution in [0.15, 0.2) is 29.3 Å². The van der Waals surface area contributed by atoms with Crippen molar-refractivity contribution in [3.05, 3.63) is 34.9 Å². The molecule has 0 spiro atoms. The van der Waals surface area contributed by atoms with Crippen molar-refractivity contribution in [3.63, 3.8) is 0 Å². The summed E-state index contributed by atoms with van der Waals surface area (Å²) in [5, 5.41) is 0.732. The number of methoxy groups -OCH3 is 1. The van der Waals surface area contributed by atoms with Crippen LogP contribution in [0.2, 0.25) is 5.02 Å². The SMILES string of the molecule is CO[C@@H](CCC1COC(N)=N1)c1ccc(Cl)cc1. The van der Waals surface area contributed by atoms with E-state index in [4.69, 9.17) is 26.8 Å². The van der Waals surface area contributed by atoms with E-state index in [9.17, 15) is 0 Å². The Balaban J connectivity index is 1.91. The number of hydrogen-bond acceptors (Lipinski definition) is 4. The van der Waals surface area contributed by atoms with Gasteiger partial charge in [0.15, 0.2) is 0 Å². The van der Waals surface area contributed by atoms with E-state index in [0.29, 0.717) is 12.6 Å². The van der Waals surface area contributed by atoms with E-state index in [0.717, 1.165) is 23.4 Å². The fraction of sp³-hybridized carbons (Fsp3) is 0.462. The van der Waals surface area contributed by atoms with Crippen LogP contribution in [0.3, 0.4) is 0 Å². The Morgan fingerprint density at radius 3 is 2.78 bits per heavy atom. The number of halogens is 1. The van der Waals surface area contributed by atoms with Crippen molar-refractivity contribution < 1.29 is 9.47 Å². The van der Waals surface area contributed by atoms with Crippen LogP contribution in [0.5, 0.6) is 0 Å². The van der Waals surface area contributed by atoms with Crippen LogP contribution >= 0.6 is 11.6 Å². The molecule has 1 aromatic carbocycles. The maximum absolute atomic E-state index is 5.87. The number of benzene rings is 1. The third-order valence-corrected chi connectivity index (χ3v) is 3.27. The Morgan fingerprint density at radius 1 is 1.50 bits per heavy atom. The van der Waals surface area contributed by atoms with Gasteiger partial charge in [0.05, 0.1) is 12.1 Å². The molecule has 0 saturated heterocycles. The van der Waals surface area contributed by atoms with Gasteiger partial charge in [0, 0.05) is 12.1 Å². The molecule has 0 saturated carbocycles. The van der Waals surface area contributed by atoms with Gasteiger partial charge in [-0.05, 0) is 30.5 Å². The van der Waals surface area contributed by atoms with E-state index in [1.807, 2.05) is 24.3 Å². The number of aliphatic imine (C=N–C) groups is 1. The molecule has 0 amide bonds. The number of nitrogens with zero attached hydrogens (tertiary/aromatic N) is 1. The summed E-state index contributed by atoms with van der Waals surface area (Å²) in [4.78, 5) is 4.20. The van der Waals surface area contributed by atoms with Gasteiger partial charge >= 0.3 is 0 Å². The van der Waals surface area contributed by atoms with E-state index in [-0.39, 0.29) is 12.1 Å². The van der Waals surface area contributed by atoms with Gasteiger partial charge in [-0.3, -0.25) is 0 Å². The van der Waals surface area contributed by atoms with E-state index in [2.05, 4.69) is 4.99 Å². The van der Waals surface area contributed by atoms with Gasteiger partial charge in [-0.1, -0.05) is 23.7 Å². The fourth-order valence-corrected chi connectivity index (χ4v) is 2.15. The first-order chi connectivity index (χ1) is 8.69. The second kappa shape index (κ2) is 6.07. The van der Waals surface area contributed by atoms with Gasteiger partial charge < -0.3 is 15.2 Å². The smallest absolute Gasteiger partial charge is 0.282 e. The number of hydrogen-bond donors (Lipinski definition) is 1. The topological polar surface area (TPSA) is 56.8 Å². The highest BCUT2D eigenvalue weighted by Gasteiger charge is 2.19. The summed E-state index contributed by atoms with van der Waals surface area (Å²) in [7, 11) is 1.71. The molecule has 1 aliphatic heterocycles. The second-order valence-corrected chi connectivity index (χ2v) is 4.72. The Bertz CT molecular complexity index is 420. The zero-order chi connectivity index (χ0) is 13.0. The first kappa shape index (κ1) is 13.2. The van der Waals surface area contributed by atoms with Gasteiger partial charge in [0.1, 0.15) is 6.61 Å². The van der Waals surface area contributed by atoms with Crippen LogP contribution in [0.4, 0.5) is 0 Å². The molecule has 1 heterocycles. The number of rotatable bonds is 5. The molecular formula is C13H17ClN2O2. The van der Waals surface area contributed by atoms with Crippen molar-refractivity contribution in [1.29, 1.82) is 0 Å². The molecule has 0 bridgehead atoms. The molecule has 1 aliphatic rings. The largest absolute Gasteiger partial charge is 0.463 e. The van der Waals surface area contributed by atoms with Gasteiger partial charge in [0.2, 0.25) is 0 Å². The first-order valence-electron chi connectivity index (χ1n) is 5.93. The van der Waals surface area contributed by atoms with Crippen molar-refractivity contribution in [2.24, 2.45) is 10.7 Å². The zero-order valence-corrected chi connectivity index (χ0v) is 11.1. The normalized spacial score (nSPS) is 20.3. The maximum Gasteiger partial charge on any atom is 0.282 e. The molecule has 4 nitrogen and oxygen atoms in total. The van der Waals surface area contributed by atoms with Crippen LogP contribution in [-0.4, -0.2) is 25.8 Å². The van der Waals surface area contributed by atoms with Crippen molar-refractivity contribution in [3.8, 4) is 0 Å². The van der Waals surface area contributed by atoms with Crippen LogP contribution in [0.1, 0.15) is 24.5 Å². The number of nitrogens with two attached hydrogens (primary N) is 1. The predicted molar refractivity (Wildman–Crippen MR) is 71.8 cm³/mol. The number of ether oxygens (including phenoxy) is 2. The average Bonchev–Trinajstić information content (AvgIpc) is 2.78. The zero-order valence-electron chi connectivity index (χ0n) is 10.3. The summed E-state index contributed by atoms with van der Waals surface area (Å²) < 4.78 is 10.6. The minimum absolute atomic E-state index is 0.0549. The molecule has 2 atom stereocenters. The van der Waals surface area contributed by atoms with E-state index >= 15 is 0 Å². The second-order valence-electron chi connectivity index (χ2n) is 4.29. The van der Waals surface area contributed by atoms with Crippen molar-refractivity contribution in [2.75, 3.05) is 13.7 Å². The molecule has 0 aromatic heterocycles. The lowest BCUT2D eigenvalue weighted by Crippen LogP contribution is -2.11. The Morgan fingerprint density at radius 2 is 2.22 bits per heavy atom.